The zero-order chi connectivity index (χ0) is 14.7. The molecule has 3 rings (SSSR count). The van der Waals surface area contributed by atoms with Gasteiger partial charge in [0.05, 0.1) is 25.4 Å². The summed E-state index contributed by atoms with van der Waals surface area (Å²) in [6, 6.07) is 0.646. The standard InChI is InChI=1S/C15H28N4O2/c1-2-16-15(19-7-5-13(20)9-19)17-8-14-10-18-6-3-4-12(18)11-21-14/h12-14,20H,2-11H2,1H3,(H,16,17)/t12?,13-,14?/m1/s1. The number of ether oxygens (including phenoxy) is 1. The van der Waals surface area contributed by atoms with Crippen LogP contribution >= 0.6 is 0 Å². The molecule has 21 heavy (non-hydrogen) atoms. The van der Waals surface area contributed by atoms with Crippen molar-refractivity contribution in [3.8, 4) is 0 Å². The topological polar surface area (TPSA) is 60.3 Å². The van der Waals surface area contributed by atoms with Gasteiger partial charge < -0.3 is 20.1 Å². The molecule has 3 atom stereocenters. The van der Waals surface area contributed by atoms with Crippen molar-refractivity contribution < 1.29 is 9.84 Å². The highest BCUT2D eigenvalue weighted by atomic mass is 16.5. The van der Waals surface area contributed by atoms with Crippen molar-refractivity contribution in [3.05, 3.63) is 0 Å². The van der Waals surface area contributed by atoms with Gasteiger partial charge >= 0.3 is 0 Å². The lowest BCUT2D eigenvalue weighted by Gasteiger charge is -2.34. The second-order valence-corrected chi connectivity index (χ2v) is 6.33. The molecule has 2 N–H and O–H groups in total. The molecule has 3 aliphatic rings. The molecular formula is C15H28N4O2. The molecule has 0 spiro atoms. The number of rotatable bonds is 3. The van der Waals surface area contributed by atoms with Crippen LogP contribution in [-0.4, -0.2) is 85.0 Å². The van der Waals surface area contributed by atoms with Crippen molar-refractivity contribution in [3.63, 3.8) is 0 Å². The molecule has 2 unspecified atom stereocenters. The average Bonchev–Trinajstić information content (AvgIpc) is 3.11. The summed E-state index contributed by atoms with van der Waals surface area (Å²) >= 11 is 0. The Morgan fingerprint density at radius 2 is 2.24 bits per heavy atom. The minimum absolute atomic E-state index is 0.209. The molecule has 0 saturated carbocycles. The molecule has 0 aliphatic carbocycles. The van der Waals surface area contributed by atoms with Crippen LogP contribution in [0.2, 0.25) is 0 Å². The van der Waals surface area contributed by atoms with E-state index in [1.54, 1.807) is 0 Å². The van der Waals surface area contributed by atoms with E-state index in [1.807, 2.05) is 0 Å². The number of fused-ring (bicyclic) bond motifs is 1. The molecule has 0 aromatic heterocycles. The van der Waals surface area contributed by atoms with Gasteiger partial charge in [-0.15, -0.1) is 0 Å². The number of β-amino-alcohol motifs (C(OH)–C–C–N with tert-alkyl or cyclic N) is 1. The summed E-state index contributed by atoms with van der Waals surface area (Å²) in [6.45, 7) is 8.29. The molecular weight excluding hydrogens is 268 g/mol. The molecule has 6 heteroatoms. The largest absolute Gasteiger partial charge is 0.391 e. The normalized spacial score (nSPS) is 34.3. The Labute approximate surface area is 127 Å². The number of aliphatic imine (C=N–C) groups is 1. The number of morpholine rings is 1. The van der Waals surface area contributed by atoms with Crippen LogP contribution in [-0.2, 0) is 4.74 Å². The third kappa shape index (κ3) is 3.67. The third-order valence-corrected chi connectivity index (χ3v) is 4.70. The van der Waals surface area contributed by atoms with E-state index in [9.17, 15) is 5.11 Å². The van der Waals surface area contributed by atoms with Crippen molar-refractivity contribution >= 4 is 5.96 Å². The van der Waals surface area contributed by atoms with Crippen molar-refractivity contribution in [1.82, 2.24) is 15.1 Å². The first-order valence-electron chi connectivity index (χ1n) is 8.33. The Balaban J connectivity index is 1.54. The number of hydrogen-bond acceptors (Lipinski definition) is 4. The van der Waals surface area contributed by atoms with Gasteiger partial charge in [-0.25, -0.2) is 0 Å². The van der Waals surface area contributed by atoms with E-state index < -0.39 is 0 Å². The number of nitrogens with zero attached hydrogens (tertiary/aromatic N) is 3. The first-order chi connectivity index (χ1) is 10.3. The van der Waals surface area contributed by atoms with Gasteiger partial charge in [0.2, 0.25) is 0 Å². The SMILES string of the molecule is CCNC(=NCC1CN2CCCC2CO1)N1CC[C@@H](O)C1. The Morgan fingerprint density at radius 3 is 3.00 bits per heavy atom. The zero-order valence-corrected chi connectivity index (χ0v) is 13.0. The number of aliphatic hydroxyl groups excluding tert-OH is 1. The van der Waals surface area contributed by atoms with Crippen LogP contribution < -0.4 is 5.32 Å². The van der Waals surface area contributed by atoms with Crippen molar-refractivity contribution in [2.75, 3.05) is 45.9 Å². The van der Waals surface area contributed by atoms with Gasteiger partial charge in [0, 0.05) is 32.2 Å². The molecule has 3 fully saturated rings. The van der Waals surface area contributed by atoms with E-state index in [4.69, 9.17) is 9.73 Å². The number of hydrogen-bond donors (Lipinski definition) is 2. The first kappa shape index (κ1) is 15.1. The van der Waals surface area contributed by atoms with E-state index in [1.165, 1.54) is 19.4 Å². The fraction of sp³-hybridized carbons (Fsp3) is 0.933. The minimum atomic E-state index is -0.217. The molecule has 3 heterocycles. The predicted octanol–water partition coefficient (Wildman–Crippen LogP) is -0.118. The molecule has 0 radical (unpaired) electrons. The highest BCUT2D eigenvalue weighted by Gasteiger charge is 2.32. The Kier molecular flexibility index (Phi) is 4.98. The van der Waals surface area contributed by atoms with Crippen LogP contribution in [0.25, 0.3) is 0 Å². The van der Waals surface area contributed by atoms with Gasteiger partial charge in [-0.1, -0.05) is 0 Å². The maximum Gasteiger partial charge on any atom is 0.194 e. The average molecular weight is 296 g/mol. The first-order valence-corrected chi connectivity index (χ1v) is 8.33. The molecule has 6 nitrogen and oxygen atoms in total. The third-order valence-electron chi connectivity index (χ3n) is 4.70. The summed E-state index contributed by atoms with van der Waals surface area (Å²) in [4.78, 5) is 9.44. The van der Waals surface area contributed by atoms with Crippen LogP contribution in [0.3, 0.4) is 0 Å². The van der Waals surface area contributed by atoms with E-state index >= 15 is 0 Å². The summed E-state index contributed by atoms with van der Waals surface area (Å²) in [5.74, 6) is 0.918. The smallest absolute Gasteiger partial charge is 0.194 e. The van der Waals surface area contributed by atoms with Gasteiger partial charge in [-0.05, 0) is 32.7 Å². The lowest BCUT2D eigenvalue weighted by Crippen LogP contribution is -2.48. The van der Waals surface area contributed by atoms with Gasteiger partial charge in [0.25, 0.3) is 0 Å². The van der Waals surface area contributed by atoms with Crippen LogP contribution in [0, 0.1) is 0 Å². The van der Waals surface area contributed by atoms with E-state index in [-0.39, 0.29) is 12.2 Å². The summed E-state index contributed by atoms with van der Waals surface area (Å²) in [5.41, 5.74) is 0. The highest BCUT2D eigenvalue weighted by molar-refractivity contribution is 5.80. The summed E-state index contributed by atoms with van der Waals surface area (Å²) in [5, 5.41) is 13.0. The van der Waals surface area contributed by atoms with Gasteiger partial charge in [0.1, 0.15) is 0 Å². The number of likely N-dealkylation sites (tertiary alicyclic amines) is 1. The molecule has 0 amide bonds. The van der Waals surface area contributed by atoms with Gasteiger partial charge in [-0.2, -0.15) is 0 Å². The monoisotopic (exact) mass is 296 g/mol. The molecule has 3 aliphatic heterocycles. The second-order valence-electron chi connectivity index (χ2n) is 6.33. The molecule has 0 aromatic carbocycles. The maximum atomic E-state index is 9.68. The van der Waals surface area contributed by atoms with E-state index in [0.29, 0.717) is 19.1 Å². The molecule has 0 bridgehead atoms. The summed E-state index contributed by atoms with van der Waals surface area (Å²) < 4.78 is 5.96. The van der Waals surface area contributed by atoms with E-state index in [2.05, 4.69) is 22.0 Å². The number of aliphatic hydroxyl groups is 1. The van der Waals surface area contributed by atoms with Gasteiger partial charge in [-0.3, -0.25) is 9.89 Å². The van der Waals surface area contributed by atoms with E-state index in [0.717, 1.165) is 38.6 Å². The summed E-state index contributed by atoms with van der Waals surface area (Å²) in [7, 11) is 0. The Bertz CT molecular complexity index is 377. The van der Waals surface area contributed by atoms with Crippen molar-refractivity contribution in [2.24, 2.45) is 4.99 Å². The summed E-state index contributed by atoms with van der Waals surface area (Å²) in [6.07, 6.45) is 3.41. The zero-order valence-electron chi connectivity index (χ0n) is 13.0. The maximum absolute atomic E-state index is 9.68. The number of nitrogens with one attached hydrogen (secondary N) is 1. The predicted molar refractivity (Wildman–Crippen MR) is 82.5 cm³/mol. The van der Waals surface area contributed by atoms with Crippen LogP contribution in [0.15, 0.2) is 4.99 Å². The highest BCUT2D eigenvalue weighted by Crippen LogP contribution is 2.22. The fourth-order valence-corrected chi connectivity index (χ4v) is 3.54. The van der Waals surface area contributed by atoms with Gasteiger partial charge in [0.15, 0.2) is 5.96 Å². The van der Waals surface area contributed by atoms with Crippen LogP contribution in [0.5, 0.6) is 0 Å². The lowest BCUT2D eigenvalue weighted by molar-refractivity contribution is -0.0432. The Morgan fingerprint density at radius 1 is 1.33 bits per heavy atom. The molecule has 0 aromatic rings. The lowest BCUT2D eigenvalue weighted by atomic mass is 10.2. The number of guanidine groups is 1. The second kappa shape index (κ2) is 6.94. The molecule has 3 saturated heterocycles. The van der Waals surface area contributed by atoms with Crippen molar-refractivity contribution in [1.29, 1.82) is 0 Å². The fourth-order valence-electron chi connectivity index (χ4n) is 3.54. The quantitative estimate of drug-likeness (QED) is 0.562. The van der Waals surface area contributed by atoms with Crippen molar-refractivity contribution in [2.45, 2.75) is 44.4 Å². The van der Waals surface area contributed by atoms with Crippen LogP contribution in [0.4, 0.5) is 0 Å². The van der Waals surface area contributed by atoms with Crippen LogP contribution in [0.1, 0.15) is 26.2 Å². The Hall–Kier alpha value is -0.850. The minimum Gasteiger partial charge on any atom is -0.391 e. The molecule has 120 valence electrons.